The third kappa shape index (κ3) is 3.50. The number of aromatic nitrogens is 3. The second-order valence-corrected chi connectivity index (χ2v) is 6.31. The Balaban J connectivity index is 0.00000147. The van der Waals surface area contributed by atoms with Crippen molar-refractivity contribution >= 4 is 28.9 Å². The summed E-state index contributed by atoms with van der Waals surface area (Å²) in [5.41, 5.74) is 7.04. The molecule has 1 aliphatic rings. The van der Waals surface area contributed by atoms with Gasteiger partial charge in [0.05, 0.1) is 6.20 Å². The Hall–Kier alpha value is -1.11. The number of hydrogen-bond donors (Lipinski definition) is 1. The highest BCUT2D eigenvalue weighted by molar-refractivity contribution is 7.15. The van der Waals surface area contributed by atoms with Gasteiger partial charge in [0.15, 0.2) is 5.13 Å². The molecule has 2 N–H and O–H groups in total. The van der Waals surface area contributed by atoms with Crippen LogP contribution in [0.2, 0.25) is 0 Å². The van der Waals surface area contributed by atoms with Gasteiger partial charge < -0.3 is 5.73 Å². The van der Waals surface area contributed by atoms with Gasteiger partial charge in [0.2, 0.25) is 0 Å². The van der Waals surface area contributed by atoms with Gasteiger partial charge >= 0.3 is 0 Å². The summed E-state index contributed by atoms with van der Waals surface area (Å²) in [5.74, 6) is 0.663. The molecule has 0 radical (unpaired) electrons. The molecule has 2 aromatic rings. The van der Waals surface area contributed by atoms with Crippen LogP contribution in [-0.2, 0) is 13.6 Å². The number of nitrogens with two attached hydrogens (primary N) is 1. The predicted molar refractivity (Wildman–Crippen MR) is 84.2 cm³/mol. The molecule has 2 aromatic heterocycles. The van der Waals surface area contributed by atoms with Crippen molar-refractivity contribution in [3.63, 3.8) is 0 Å². The Labute approximate surface area is 129 Å². The van der Waals surface area contributed by atoms with Crippen molar-refractivity contribution in [2.45, 2.75) is 25.3 Å². The van der Waals surface area contributed by atoms with Crippen molar-refractivity contribution in [2.75, 3.05) is 18.8 Å². The number of anilines is 1. The normalized spacial score (nSPS) is 17.1. The van der Waals surface area contributed by atoms with E-state index < -0.39 is 0 Å². The Kier molecular flexibility index (Phi) is 5.01. The van der Waals surface area contributed by atoms with E-state index in [-0.39, 0.29) is 12.4 Å². The number of hydrogen-bond acceptors (Lipinski definition) is 5. The van der Waals surface area contributed by atoms with Crippen LogP contribution in [0.15, 0.2) is 18.6 Å². The molecule has 1 aliphatic heterocycles. The Morgan fingerprint density at radius 2 is 2.10 bits per heavy atom. The smallest absolute Gasteiger partial charge is 0.180 e. The van der Waals surface area contributed by atoms with E-state index in [9.17, 15) is 0 Å². The number of piperidine rings is 1. The average molecular weight is 314 g/mol. The zero-order valence-electron chi connectivity index (χ0n) is 11.5. The van der Waals surface area contributed by atoms with Crippen molar-refractivity contribution in [2.24, 2.45) is 7.05 Å². The molecule has 3 heterocycles. The first-order valence-electron chi connectivity index (χ1n) is 6.62. The van der Waals surface area contributed by atoms with E-state index in [1.807, 2.05) is 24.1 Å². The first-order valence-corrected chi connectivity index (χ1v) is 7.43. The third-order valence-electron chi connectivity index (χ3n) is 3.73. The first-order chi connectivity index (χ1) is 9.20. The van der Waals surface area contributed by atoms with Gasteiger partial charge in [-0.1, -0.05) is 0 Å². The van der Waals surface area contributed by atoms with Crippen molar-refractivity contribution in [3.8, 4) is 0 Å². The molecule has 20 heavy (non-hydrogen) atoms. The maximum Gasteiger partial charge on any atom is 0.180 e. The van der Waals surface area contributed by atoms with E-state index in [1.54, 1.807) is 11.3 Å². The Morgan fingerprint density at radius 3 is 2.65 bits per heavy atom. The van der Waals surface area contributed by atoms with Crippen LogP contribution in [-0.4, -0.2) is 32.8 Å². The monoisotopic (exact) mass is 313 g/mol. The molecule has 1 fully saturated rings. The van der Waals surface area contributed by atoms with E-state index in [1.165, 1.54) is 23.3 Å². The van der Waals surface area contributed by atoms with E-state index in [0.29, 0.717) is 11.0 Å². The number of rotatable bonds is 3. The molecule has 0 spiro atoms. The van der Waals surface area contributed by atoms with E-state index in [0.717, 1.165) is 19.6 Å². The molecule has 1 saturated heterocycles. The van der Waals surface area contributed by atoms with Gasteiger partial charge in [-0.3, -0.25) is 9.58 Å². The fourth-order valence-electron chi connectivity index (χ4n) is 2.69. The Morgan fingerprint density at radius 1 is 1.35 bits per heavy atom. The van der Waals surface area contributed by atoms with Crippen LogP contribution >= 0.6 is 23.7 Å². The fourth-order valence-corrected chi connectivity index (χ4v) is 3.42. The van der Waals surface area contributed by atoms with Crippen LogP contribution in [0.3, 0.4) is 0 Å². The molecular formula is C13H20ClN5S. The lowest BCUT2D eigenvalue weighted by Gasteiger charge is -2.31. The summed E-state index contributed by atoms with van der Waals surface area (Å²) in [5, 5.41) is 4.93. The molecule has 0 saturated carbocycles. The number of aryl methyl sites for hydroxylation is 1. The molecule has 0 aliphatic carbocycles. The molecule has 0 aromatic carbocycles. The van der Waals surface area contributed by atoms with Crippen molar-refractivity contribution in [1.82, 2.24) is 19.7 Å². The molecule has 7 heteroatoms. The van der Waals surface area contributed by atoms with Gasteiger partial charge in [-0.2, -0.15) is 5.10 Å². The minimum atomic E-state index is 0. The second kappa shape index (κ2) is 6.56. The molecule has 5 nitrogen and oxygen atoms in total. The highest BCUT2D eigenvalue weighted by Gasteiger charge is 2.21. The van der Waals surface area contributed by atoms with Crippen LogP contribution in [0.5, 0.6) is 0 Å². The van der Waals surface area contributed by atoms with Gasteiger partial charge in [-0.15, -0.1) is 23.7 Å². The van der Waals surface area contributed by atoms with Crippen LogP contribution < -0.4 is 5.73 Å². The van der Waals surface area contributed by atoms with Gasteiger partial charge in [-0.25, -0.2) is 4.98 Å². The first kappa shape index (κ1) is 15.3. The lowest BCUT2D eigenvalue weighted by molar-refractivity contribution is 0.206. The maximum absolute atomic E-state index is 5.66. The van der Waals surface area contributed by atoms with Gasteiger partial charge in [0.1, 0.15) is 0 Å². The summed E-state index contributed by atoms with van der Waals surface area (Å²) in [4.78, 5) is 7.85. The van der Waals surface area contributed by atoms with Crippen LogP contribution in [0.1, 0.15) is 29.2 Å². The number of likely N-dealkylation sites (tertiary alicyclic amines) is 1. The largest absolute Gasteiger partial charge is 0.375 e. The molecule has 0 bridgehead atoms. The summed E-state index contributed by atoms with van der Waals surface area (Å²) in [7, 11) is 1.98. The Bertz CT molecular complexity index is 544. The summed E-state index contributed by atoms with van der Waals surface area (Å²) >= 11 is 1.59. The third-order valence-corrected chi connectivity index (χ3v) is 4.55. The van der Waals surface area contributed by atoms with Crippen LogP contribution in [0, 0.1) is 0 Å². The lowest BCUT2D eigenvalue weighted by atomic mass is 9.91. The van der Waals surface area contributed by atoms with Crippen molar-refractivity contribution in [3.05, 3.63) is 29.0 Å². The molecule has 0 atom stereocenters. The quantitative estimate of drug-likeness (QED) is 0.944. The topological polar surface area (TPSA) is 60.0 Å². The van der Waals surface area contributed by atoms with Crippen LogP contribution in [0.4, 0.5) is 5.13 Å². The average Bonchev–Trinajstić information content (AvgIpc) is 3.00. The second-order valence-electron chi connectivity index (χ2n) is 5.16. The lowest BCUT2D eigenvalue weighted by Crippen LogP contribution is -2.32. The van der Waals surface area contributed by atoms with E-state index in [4.69, 9.17) is 5.73 Å². The summed E-state index contributed by atoms with van der Waals surface area (Å²) in [6, 6.07) is 0. The zero-order valence-corrected chi connectivity index (χ0v) is 13.2. The molecular weight excluding hydrogens is 294 g/mol. The highest BCUT2D eigenvalue weighted by atomic mass is 35.5. The van der Waals surface area contributed by atoms with E-state index >= 15 is 0 Å². The minimum absolute atomic E-state index is 0. The number of thiazole rings is 1. The fraction of sp³-hybridized carbons (Fsp3) is 0.538. The highest BCUT2D eigenvalue weighted by Crippen LogP contribution is 2.28. The zero-order chi connectivity index (χ0) is 13.2. The SMILES string of the molecule is Cl.Cn1cc(C2CCN(Cc3cnc(N)s3)CC2)cn1. The molecule has 110 valence electrons. The van der Waals surface area contributed by atoms with Gasteiger partial charge in [0, 0.05) is 30.9 Å². The summed E-state index contributed by atoms with van der Waals surface area (Å²) in [6.45, 7) is 3.25. The molecule has 0 amide bonds. The van der Waals surface area contributed by atoms with Crippen molar-refractivity contribution < 1.29 is 0 Å². The van der Waals surface area contributed by atoms with E-state index in [2.05, 4.69) is 21.2 Å². The van der Waals surface area contributed by atoms with Gasteiger partial charge in [0.25, 0.3) is 0 Å². The number of nitrogens with zero attached hydrogens (tertiary/aromatic N) is 4. The maximum atomic E-state index is 5.66. The van der Waals surface area contributed by atoms with Gasteiger partial charge in [-0.05, 0) is 37.4 Å². The standard InChI is InChI=1S/C13H19N5S.ClH/c1-17-8-11(6-16-17)10-2-4-18(5-3-10)9-12-7-15-13(14)19-12;/h6-8,10H,2-5,9H2,1H3,(H2,14,15);1H. The number of nitrogen functional groups attached to an aromatic ring is 1. The molecule has 0 unspecified atom stereocenters. The minimum Gasteiger partial charge on any atom is -0.375 e. The summed E-state index contributed by atoms with van der Waals surface area (Å²) < 4.78 is 1.89. The van der Waals surface area contributed by atoms with Crippen molar-refractivity contribution in [1.29, 1.82) is 0 Å². The van der Waals surface area contributed by atoms with Crippen LogP contribution in [0.25, 0.3) is 0 Å². The molecule has 3 rings (SSSR count). The number of halogens is 1. The predicted octanol–water partition coefficient (Wildman–Crippen LogP) is 2.26. The summed E-state index contributed by atoms with van der Waals surface area (Å²) in [6.07, 6.45) is 8.46.